The summed E-state index contributed by atoms with van der Waals surface area (Å²) in [5.41, 5.74) is 2.70. The van der Waals surface area contributed by atoms with Gasteiger partial charge in [0.1, 0.15) is 11.6 Å². The van der Waals surface area contributed by atoms with Crippen molar-refractivity contribution in [3.8, 4) is 5.69 Å². The lowest BCUT2D eigenvalue weighted by Crippen LogP contribution is -2.40. The molecule has 4 aromatic rings. The first-order chi connectivity index (χ1) is 17.3. The summed E-state index contributed by atoms with van der Waals surface area (Å²) in [6, 6.07) is 20.3. The minimum Gasteiger partial charge on any atom is -0.328 e. The summed E-state index contributed by atoms with van der Waals surface area (Å²) in [5.74, 6) is 0.0786. The van der Waals surface area contributed by atoms with Crippen LogP contribution < -0.4 is 5.56 Å². The van der Waals surface area contributed by atoms with Gasteiger partial charge in [-0.3, -0.25) is 14.2 Å². The molecule has 1 unspecified atom stereocenters. The summed E-state index contributed by atoms with van der Waals surface area (Å²) in [6.45, 7) is 8.63. The van der Waals surface area contributed by atoms with E-state index in [0.717, 1.165) is 6.42 Å². The van der Waals surface area contributed by atoms with E-state index in [1.807, 2.05) is 63.2 Å². The Hall–Kier alpha value is -3.80. The fourth-order valence-electron chi connectivity index (χ4n) is 4.55. The van der Waals surface area contributed by atoms with Crippen molar-refractivity contribution < 1.29 is 9.18 Å². The zero-order chi connectivity index (χ0) is 25.8. The molecule has 1 aromatic heterocycles. The van der Waals surface area contributed by atoms with E-state index in [9.17, 15) is 14.0 Å². The third kappa shape index (κ3) is 5.08. The molecule has 4 rings (SSSR count). The molecule has 0 aliphatic heterocycles. The molecule has 186 valence electrons. The predicted molar refractivity (Wildman–Crippen MR) is 142 cm³/mol. The van der Waals surface area contributed by atoms with Crippen LogP contribution in [0, 0.1) is 11.7 Å². The van der Waals surface area contributed by atoms with E-state index in [0.29, 0.717) is 40.9 Å². The van der Waals surface area contributed by atoms with Crippen LogP contribution >= 0.6 is 0 Å². The second-order valence-electron chi connectivity index (χ2n) is 9.43. The van der Waals surface area contributed by atoms with Gasteiger partial charge >= 0.3 is 0 Å². The average Bonchev–Trinajstić information content (AvgIpc) is 2.89. The van der Waals surface area contributed by atoms with E-state index in [2.05, 4.69) is 6.92 Å². The molecule has 0 radical (unpaired) electrons. The molecule has 0 bridgehead atoms. The summed E-state index contributed by atoms with van der Waals surface area (Å²) >= 11 is 0. The number of carbonyl (C=O) groups excluding carboxylic acids is 1. The smallest absolute Gasteiger partial charge is 0.266 e. The molecular weight excluding hydrogens is 453 g/mol. The Morgan fingerprint density at radius 2 is 1.64 bits per heavy atom. The average molecular weight is 486 g/mol. The van der Waals surface area contributed by atoms with Gasteiger partial charge in [-0.25, -0.2) is 9.37 Å². The summed E-state index contributed by atoms with van der Waals surface area (Å²) < 4.78 is 15.2. The summed E-state index contributed by atoms with van der Waals surface area (Å²) in [4.78, 5) is 34.3. The zero-order valence-electron chi connectivity index (χ0n) is 21.2. The Balaban J connectivity index is 1.94. The van der Waals surface area contributed by atoms with Crippen molar-refractivity contribution in [3.05, 3.63) is 106 Å². The first kappa shape index (κ1) is 25.3. The fourth-order valence-corrected chi connectivity index (χ4v) is 4.55. The largest absolute Gasteiger partial charge is 0.328 e. The van der Waals surface area contributed by atoms with Crippen LogP contribution in [-0.2, 0) is 6.42 Å². The Bertz CT molecular complexity index is 1410. The molecule has 1 amide bonds. The monoisotopic (exact) mass is 485 g/mol. The number of rotatable bonds is 8. The van der Waals surface area contributed by atoms with Crippen molar-refractivity contribution in [3.63, 3.8) is 0 Å². The maximum absolute atomic E-state index is 13.8. The molecule has 1 heterocycles. The van der Waals surface area contributed by atoms with Gasteiger partial charge in [0.15, 0.2) is 0 Å². The van der Waals surface area contributed by atoms with Gasteiger partial charge in [0.2, 0.25) is 0 Å². The number of halogens is 1. The minimum atomic E-state index is -0.465. The standard InChI is InChI=1S/C30H32FN3O2/c1-5-21-11-17-24(18-12-21)34-28(32-26-10-8-7-9-25(26)30(34)36)27(6-2)33(19-20(3)4)29(35)22-13-15-23(31)16-14-22/h7-18,20,27H,5-6,19H2,1-4H3. The SMILES string of the molecule is CCc1ccc(-n2c(C(CC)N(CC(C)C)C(=O)c3ccc(F)cc3)nc3ccccc3c2=O)cc1. The first-order valence-corrected chi connectivity index (χ1v) is 12.5. The highest BCUT2D eigenvalue weighted by Crippen LogP contribution is 2.28. The van der Waals surface area contributed by atoms with E-state index in [1.165, 1.54) is 29.8 Å². The molecule has 0 N–H and O–H groups in total. The van der Waals surface area contributed by atoms with Crippen molar-refractivity contribution in [2.45, 2.75) is 46.6 Å². The van der Waals surface area contributed by atoms with Crippen LogP contribution in [0.25, 0.3) is 16.6 Å². The Kier molecular flexibility index (Phi) is 7.63. The van der Waals surface area contributed by atoms with Crippen molar-refractivity contribution in [1.82, 2.24) is 14.5 Å². The van der Waals surface area contributed by atoms with Gasteiger partial charge in [-0.05, 0) is 72.9 Å². The highest BCUT2D eigenvalue weighted by atomic mass is 19.1. The first-order valence-electron chi connectivity index (χ1n) is 12.5. The number of hydrogen-bond donors (Lipinski definition) is 0. The maximum atomic E-state index is 13.8. The normalized spacial score (nSPS) is 12.2. The Morgan fingerprint density at radius 3 is 2.25 bits per heavy atom. The topological polar surface area (TPSA) is 55.2 Å². The van der Waals surface area contributed by atoms with Gasteiger partial charge in [0.05, 0.1) is 22.6 Å². The van der Waals surface area contributed by atoms with Gasteiger partial charge < -0.3 is 4.90 Å². The highest BCUT2D eigenvalue weighted by Gasteiger charge is 2.30. The summed E-state index contributed by atoms with van der Waals surface area (Å²) in [7, 11) is 0. The summed E-state index contributed by atoms with van der Waals surface area (Å²) in [5, 5.41) is 0.524. The molecule has 0 saturated heterocycles. The van der Waals surface area contributed by atoms with E-state index in [-0.39, 0.29) is 17.4 Å². The van der Waals surface area contributed by atoms with Crippen LogP contribution in [0.15, 0.2) is 77.6 Å². The molecule has 0 spiro atoms. The molecule has 5 nitrogen and oxygen atoms in total. The molecule has 1 atom stereocenters. The van der Waals surface area contributed by atoms with E-state index < -0.39 is 11.9 Å². The van der Waals surface area contributed by atoms with Crippen molar-refractivity contribution >= 4 is 16.8 Å². The van der Waals surface area contributed by atoms with Crippen molar-refractivity contribution in [1.29, 1.82) is 0 Å². The van der Waals surface area contributed by atoms with Gasteiger partial charge in [0.25, 0.3) is 11.5 Å². The number of carbonyl (C=O) groups is 1. The van der Waals surface area contributed by atoms with Gasteiger partial charge in [-0.2, -0.15) is 0 Å². The molecule has 36 heavy (non-hydrogen) atoms. The molecule has 0 aliphatic carbocycles. The number of aryl methyl sites for hydroxylation is 1. The lowest BCUT2D eigenvalue weighted by molar-refractivity contribution is 0.0631. The van der Waals surface area contributed by atoms with Crippen molar-refractivity contribution in [2.75, 3.05) is 6.54 Å². The molecular formula is C30H32FN3O2. The number of fused-ring (bicyclic) bond motifs is 1. The fraction of sp³-hybridized carbons (Fsp3) is 0.300. The van der Waals surface area contributed by atoms with Gasteiger partial charge in [-0.15, -0.1) is 0 Å². The second-order valence-corrected chi connectivity index (χ2v) is 9.43. The lowest BCUT2D eigenvalue weighted by atomic mass is 10.0. The van der Waals surface area contributed by atoms with Crippen LogP contribution in [0.2, 0.25) is 0 Å². The number of aromatic nitrogens is 2. The molecule has 0 aliphatic rings. The van der Waals surface area contributed by atoms with E-state index >= 15 is 0 Å². The lowest BCUT2D eigenvalue weighted by Gasteiger charge is -2.33. The highest BCUT2D eigenvalue weighted by molar-refractivity contribution is 5.94. The maximum Gasteiger partial charge on any atom is 0.266 e. The zero-order valence-corrected chi connectivity index (χ0v) is 21.2. The van der Waals surface area contributed by atoms with Crippen LogP contribution in [-0.4, -0.2) is 26.9 Å². The Morgan fingerprint density at radius 1 is 0.972 bits per heavy atom. The third-order valence-electron chi connectivity index (χ3n) is 6.38. The van der Waals surface area contributed by atoms with Crippen LogP contribution in [0.4, 0.5) is 4.39 Å². The Labute approximate surface area is 211 Å². The third-order valence-corrected chi connectivity index (χ3v) is 6.38. The van der Waals surface area contributed by atoms with Crippen LogP contribution in [0.5, 0.6) is 0 Å². The predicted octanol–water partition coefficient (Wildman–Crippen LogP) is 6.34. The van der Waals surface area contributed by atoms with E-state index in [4.69, 9.17) is 4.98 Å². The van der Waals surface area contributed by atoms with Crippen LogP contribution in [0.3, 0.4) is 0 Å². The van der Waals surface area contributed by atoms with Gasteiger partial charge in [-0.1, -0.05) is 52.0 Å². The van der Waals surface area contributed by atoms with Crippen LogP contribution in [0.1, 0.15) is 61.9 Å². The number of para-hydroxylation sites is 1. The number of benzene rings is 3. The van der Waals surface area contributed by atoms with Gasteiger partial charge in [0, 0.05) is 12.1 Å². The second kappa shape index (κ2) is 10.9. The molecule has 3 aromatic carbocycles. The number of hydrogen-bond acceptors (Lipinski definition) is 3. The van der Waals surface area contributed by atoms with E-state index in [1.54, 1.807) is 15.5 Å². The molecule has 0 saturated carbocycles. The minimum absolute atomic E-state index is 0.169. The molecule has 6 heteroatoms. The number of amides is 1. The number of nitrogens with zero attached hydrogens (tertiary/aromatic N) is 3. The molecule has 0 fully saturated rings. The summed E-state index contributed by atoms with van der Waals surface area (Å²) in [6.07, 6.45) is 1.45. The quantitative estimate of drug-likeness (QED) is 0.293. The van der Waals surface area contributed by atoms with Crippen molar-refractivity contribution in [2.24, 2.45) is 5.92 Å².